The summed E-state index contributed by atoms with van der Waals surface area (Å²) in [5.41, 5.74) is 0. The van der Waals surface area contributed by atoms with Crippen LogP contribution in [0.4, 0.5) is 0 Å². The van der Waals surface area contributed by atoms with Crippen molar-refractivity contribution in [2.75, 3.05) is 26.4 Å². The number of nitrogens with zero attached hydrogens (tertiary/aromatic N) is 6. The lowest BCUT2D eigenvalue weighted by atomic mass is 10.8. The van der Waals surface area contributed by atoms with Crippen LogP contribution in [-0.4, -0.2) is 56.3 Å². The Morgan fingerprint density at radius 1 is 0.520 bits per heavy atom. The van der Waals surface area contributed by atoms with Gasteiger partial charge in [-0.3, -0.25) is 0 Å². The van der Waals surface area contributed by atoms with Crippen molar-refractivity contribution < 1.29 is 24.3 Å². The highest BCUT2D eigenvalue weighted by Gasteiger charge is 2.05. The number of rotatable bonds is 10. The molecule has 0 aromatic carbocycles. The first-order valence-electron chi connectivity index (χ1n) is 6.34. The van der Waals surface area contributed by atoms with Crippen LogP contribution >= 0.6 is 46.4 Å². The maximum Gasteiger partial charge on any atom is 0.322 e. The van der Waals surface area contributed by atoms with E-state index < -0.39 is 0 Å². The van der Waals surface area contributed by atoms with Crippen molar-refractivity contribution in [1.29, 1.82) is 0 Å². The Hall–Kier alpha value is -1.34. The fraction of sp³-hybridized carbons (Fsp3) is 0.400. The van der Waals surface area contributed by atoms with E-state index in [0.717, 1.165) is 0 Å². The maximum absolute atomic E-state index is 5.58. The number of ether oxygens (including phenoxy) is 2. The van der Waals surface area contributed by atoms with Gasteiger partial charge in [0.25, 0.3) is 0 Å². The molecule has 0 aliphatic rings. The van der Waals surface area contributed by atoms with Gasteiger partial charge in [-0.25, -0.2) is 9.78 Å². The Bertz CT molecular complexity index is 601. The van der Waals surface area contributed by atoms with Crippen LogP contribution in [0.3, 0.4) is 0 Å². The standard InChI is InChI=1S/C10H8Cl4N6O5/c11-5-15-6(12)18-9(17-5)21-1-3-23-25-24-4-2-22-10-19-7(13)16-8(14)20-10/h1-4H2. The van der Waals surface area contributed by atoms with Gasteiger partial charge < -0.3 is 9.47 Å². The quantitative estimate of drug-likeness (QED) is 0.310. The fourth-order valence-corrected chi connectivity index (χ4v) is 1.88. The Balaban J connectivity index is 1.51. The average molecular weight is 434 g/mol. The van der Waals surface area contributed by atoms with Gasteiger partial charge in [0, 0.05) is 0 Å². The molecule has 25 heavy (non-hydrogen) atoms. The predicted octanol–water partition coefficient (Wildman–Crippen LogP) is 2.01. The van der Waals surface area contributed by atoms with Gasteiger partial charge in [-0.05, 0) is 46.4 Å². The molecule has 0 aliphatic carbocycles. The lowest BCUT2D eigenvalue weighted by molar-refractivity contribution is -0.513. The lowest BCUT2D eigenvalue weighted by Gasteiger charge is -2.06. The summed E-state index contributed by atoms with van der Waals surface area (Å²) in [6.45, 7) is 0.137. The molecular weight excluding hydrogens is 426 g/mol. The van der Waals surface area contributed by atoms with Gasteiger partial charge >= 0.3 is 12.0 Å². The van der Waals surface area contributed by atoms with E-state index in [4.69, 9.17) is 55.9 Å². The summed E-state index contributed by atoms with van der Waals surface area (Å²) in [7, 11) is 0. The van der Waals surface area contributed by atoms with Gasteiger partial charge in [-0.1, -0.05) is 5.04 Å². The van der Waals surface area contributed by atoms with Gasteiger partial charge in [0.2, 0.25) is 21.1 Å². The first kappa shape index (κ1) is 20.0. The molecule has 11 nitrogen and oxygen atoms in total. The van der Waals surface area contributed by atoms with Crippen molar-refractivity contribution in [3.8, 4) is 12.0 Å². The number of hydrogen-bond acceptors (Lipinski definition) is 11. The van der Waals surface area contributed by atoms with E-state index in [2.05, 4.69) is 44.7 Å². The smallest absolute Gasteiger partial charge is 0.322 e. The minimum absolute atomic E-state index is 0.0143. The predicted molar refractivity (Wildman–Crippen MR) is 83.7 cm³/mol. The molecule has 0 amide bonds. The summed E-state index contributed by atoms with van der Waals surface area (Å²) in [6, 6.07) is -0.0878. The van der Waals surface area contributed by atoms with Crippen LogP contribution < -0.4 is 9.47 Å². The van der Waals surface area contributed by atoms with E-state index in [0.29, 0.717) is 0 Å². The van der Waals surface area contributed by atoms with Crippen molar-refractivity contribution in [3.63, 3.8) is 0 Å². The largest absolute Gasteiger partial charge is 0.461 e. The van der Waals surface area contributed by atoms with Gasteiger partial charge in [-0.15, -0.1) is 0 Å². The topological polar surface area (TPSA) is 123 Å². The summed E-state index contributed by atoms with van der Waals surface area (Å²) in [5.74, 6) is 0. The molecule has 0 aliphatic heterocycles. The van der Waals surface area contributed by atoms with Gasteiger partial charge in [0.1, 0.15) is 26.4 Å². The first-order chi connectivity index (χ1) is 12.0. The molecule has 0 spiro atoms. The summed E-state index contributed by atoms with van der Waals surface area (Å²) in [4.78, 5) is 31.3. The highest BCUT2D eigenvalue weighted by Crippen LogP contribution is 2.12. The van der Waals surface area contributed by atoms with Crippen LogP contribution in [0.5, 0.6) is 12.0 Å². The molecule has 0 saturated heterocycles. The second kappa shape index (κ2) is 10.6. The molecule has 136 valence electrons. The molecule has 2 heterocycles. The van der Waals surface area contributed by atoms with E-state index in [1.807, 2.05) is 0 Å². The molecule has 2 aromatic heterocycles. The summed E-state index contributed by atoms with van der Waals surface area (Å²) in [6.07, 6.45) is 0. The Morgan fingerprint density at radius 2 is 0.880 bits per heavy atom. The number of aromatic nitrogens is 6. The van der Waals surface area contributed by atoms with E-state index in [-0.39, 0.29) is 59.6 Å². The number of hydrogen-bond donors (Lipinski definition) is 0. The van der Waals surface area contributed by atoms with E-state index in [9.17, 15) is 0 Å². The molecular formula is C10H8Cl4N6O5. The molecule has 0 atom stereocenters. The minimum atomic E-state index is -0.0868. The molecule has 0 saturated carbocycles. The van der Waals surface area contributed by atoms with Crippen molar-refractivity contribution in [1.82, 2.24) is 29.9 Å². The molecule has 2 rings (SSSR count). The van der Waals surface area contributed by atoms with E-state index >= 15 is 0 Å². The monoisotopic (exact) mass is 432 g/mol. The molecule has 0 unspecified atom stereocenters. The van der Waals surface area contributed by atoms with Crippen LogP contribution in [0.1, 0.15) is 0 Å². The van der Waals surface area contributed by atoms with Gasteiger partial charge in [0.15, 0.2) is 0 Å². The molecule has 0 fully saturated rings. The minimum Gasteiger partial charge on any atom is -0.461 e. The summed E-state index contributed by atoms with van der Waals surface area (Å²) >= 11 is 22.3. The molecule has 2 aromatic rings. The Kier molecular flexibility index (Phi) is 8.48. The zero-order chi connectivity index (χ0) is 18.1. The highest BCUT2D eigenvalue weighted by atomic mass is 35.5. The number of halogens is 4. The molecule has 0 radical (unpaired) electrons. The van der Waals surface area contributed by atoms with Crippen molar-refractivity contribution >= 4 is 46.4 Å². The summed E-state index contributed by atoms with van der Waals surface area (Å²) in [5, 5.41) is 4.09. The van der Waals surface area contributed by atoms with Crippen molar-refractivity contribution in [3.05, 3.63) is 21.1 Å². The van der Waals surface area contributed by atoms with Crippen LogP contribution in [0.25, 0.3) is 0 Å². The lowest BCUT2D eigenvalue weighted by Crippen LogP contribution is -2.12. The van der Waals surface area contributed by atoms with E-state index in [1.165, 1.54) is 0 Å². The van der Waals surface area contributed by atoms with Crippen molar-refractivity contribution in [2.45, 2.75) is 0 Å². The third-order valence-electron chi connectivity index (χ3n) is 2.01. The maximum atomic E-state index is 5.58. The first-order valence-corrected chi connectivity index (χ1v) is 7.85. The zero-order valence-corrected chi connectivity index (χ0v) is 15.1. The van der Waals surface area contributed by atoms with Crippen LogP contribution in [0.2, 0.25) is 21.1 Å². The third-order valence-corrected chi connectivity index (χ3v) is 2.69. The SMILES string of the molecule is Clc1nc(Cl)nc(OCCOOOCCOc2nc(Cl)nc(Cl)n2)n1. The molecule has 0 N–H and O–H groups in total. The second-order valence-corrected chi connectivity index (χ2v) is 5.07. The highest BCUT2D eigenvalue weighted by molar-refractivity contribution is 6.31. The zero-order valence-electron chi connectivity index (χ0n) is 12.1. The van der Waals surface area contributed by atoms with Crippen LogP contribution in [0.15, 0.2) is 0 Å². The third kappa shape index (κ3) is 8.05. The van der Waals surface area contributed by atoms with Crippen LogP contribution in [-0.2, 0) is 14.8 Å². The van der Waals surface area contributed by atoms with Crippen molar-refractivity contribution in [2.24, 2.45) is 0 Å². The Labute approximate surface area is 160 Å². The Morgan fingerprint density at radius 3 is 1.24 bits per heavy atom. The van der Waals surface area contributed by atoms with Crippen LogP contribution in [0, 0.1) is 0 Å². The summed E-state index contributed by atoms with van der Waals surface area (Å²) < 4.78 is 10.2. The van der Waals surface area contributed by atoms with Gasteiger partial charge in [-0.2, -0.15) is 29.9 Å². The normalized spacial score (nSPS) is 10.7. The van der Waals surface area contributed by atoms with E-state index in [1.54, 1.807) is 0 Å². The molecule has 0 bridgehead atoms. The second-order valence-electron chi connectivity index (χ2n) is 3.72. The molecule has 15 heteroatoms. The fourth-order valence-electron chi connectivity index (χ4n) is 1.18. The van der Waals surface area contributed by atoms with Gasteiger partial charge in [0.05, 0.1) is 0 Å². The average Bonchev–Trinajstić information content (AvgIpc) is 2.51.